The van der Waals surface area contributed by atoms with Gasteiger partial charge in [-0.15, -0.1) is 11.3 Å². The number of Topliss-reactive ketones (excluding diaryl/α,β-unsaturated/α-hetero) is 1. The molecular formula is C24H18N2O3S. The lowest BCUT2D eigenvalue weighted by Gasteiger charge is -2.07. The maximum absolute atomic E-state index is 13.2. The van der Waals surface area contributed by atoms with Gasteiger partial charge in [0.15, 0.2) is 5.76 Å². The van der Waals surface area contributed by atoms with E-state index in [1.165, 1.54) is 27.8 Å². The third-order valence-corrected chi connectivity index (χ3v) is 6.13. The molecule has 148 valence electrons. The van der Waals surface area contributed by atoms with Gasteiger partial charge in [-0.1, -0.05) is 42.0 Å². The highest BCUT2D eigenvalue weighted by Gasteiger charge is 2.18. The number of aryl methyl sites for hydroxylation is 2. The van der Waals surface area contributed by atoms with Crippen LogP contribution in [-0.4, -0.2) is 15.3 Å². The van der Waals surface area contributed by atoms with Crippen LogP contribution in [0, 0.1) is 13.8 Å². The first-order chi connectivity index (χ1) is 14.5. The van der Waals surface area contributed by atoms with E-state index in [1.54, 1.807) is 6.07 Å². The Morgan fingerprint density at radius 1 is 1.10 bits per heavy atom. The second kappa shape index (κ2) is 7.07. The zero-order valence-corrected chi connectivity index (χ0v) is 17.3. The Morgan fingerprint density at radius 3 is 2.73 bits per heavy atom. The molecule has 0 aliphatic rings. The number of carbonyl (C=O) groups excluding carboxylic acids is 1. The topological polar surface area (TPSA) is 65.1 Å². The largest absolute Gasteiger partial charge is 0.453 e. The number of para-hydroxylation sites is 1. The Hall–Kier alpha value is -3.51. The van der Waals surface area contributed by atoms with Crippen LogP contribution in [0.5, 0.6) is 0 Å². The van der Waals surface area contributed by atoms with Crippen molar-refractivity contribution in [2.45, 2.75) is 20.4 Å². The van der Waals surface area contributed by atoms with E-state index in [-0.39, 0.29) is 23.6 Å². The average molecular weight is 414 g/mol. The van der Waals surface area contributed by atoms with Crippen LogP contribution in [-0.2, 0) is 6.54 Å². The summed E-state index contributed by atoms with van der Waals surface area (Å²) < 4.78 is 7.01. The Balaban J connectivity index is 1.56. The first-order valence-electron chi connectivity index (χ1n) is 9.57. The smallest absolute Gasteiger partial charge is 0.263 e. The molecule has 0 aliphatic carbocycles. The highest BCUT2D eigenvalue weighted by Crippen LogP contribution is 2.33. The fourth-order valence-electron chi connectivity index (χ4n) is 3.75. The van der Waals surface area contributed by atoms with E-state index in [2.05, 4.69) is 11.1 Å². The van der Waals surface area contributed by atoms with Crippen molar-refractivity contribution in [3.63, 3.8) is 0 Å². The highest BCUT2D eigenvalue weighted by molar-refractivity contribution is 7.17. The van der Waals surface area contributed by atoms with E-state index in [0.717, 1.165) is 22.1 Å². The van der Waals surface area contributed by atoms with E-state index in [1.807, 2.05) is 55.6 Å². The molecule has 3 heterocycles. The van der Waals surface area contributed by atoms with Crippen LogP contribution < -0.4 is 5.56 Å². The predicted octanol–water partition coefficient (Wildman–Crippen LogP) is 5.37. The molecule has 30 heavy (non-hydrogen) atoms. The Morgan fingerprint density at radius 2 is 1.93 bits per heavy atom. The third-order valence-electron chi connectivity index (χ3n) is 5.25. The molecule has 0 N–H and O–H groups in total. The molecule has 0 saturated heterocycles. The molecule has 0 atom stereocenters. The molecule has 3 aromatic heterocycles. The van der Waals surface area contributed by atoms with Gasteiger partial charge in [-0.05, 0) is 37.1 Å². The van der Waals surface area contributed by atoms with Crippen LogP contribution in [0.2, 0.25) is 0 Å². The lowest BCUT2D eigenvalue weighted by molar-refractivity contribution is 0.0945. The van der Waals surface area contributed by atoms with E-state index >= 15 is 0 Å². The summed E-state index contributed by atoms with van der Waals surface area (Å²) in [6.07, 6.45) is 1.44. The third kappa shape index (κ3) is 3.06. The monoisotopic (exact) mass is 414 g/mol. The number of furan rings is 1. The molecule has 0 radical (unpaired) electrons. The second-order valence-electron chi connectivity index (χ2n) is 7.40. The highest BCUT2D eigenvalue weighted by atomic mass is 32.1. The Bertz CT molecular complexity index is 1460. The number of nitrogens with zero attached hydrogens (tertiary/aromatic N) is 2. The van der Waals surface area contributed by atoms with Crippen LogP contribution >= 0.6 is 11.3 Å². The average Bonchev–Trinajstić information content (AvgIpc) is 3.35. The number of rotatable bonds is 4. The van der Waals surface area contributed by atoms with Crippen molar-refractivity contribution in [2.75, 3.05) is 0 Å². The van der Waals surface area contributed by atoms with Gasteiger partial charge < -0.3 is 4.42 Å². The summed E-state index contributed by atoms with van der Waals surface area (Å²) in [6, 6.07) is 15.3. The van der Waals surface area contributed by atoms with Crippen molar-refractivity contribution in [3.05, 3.63) is 87.5 Å². The molecule has 2 aromatic carbocycles. The minimum atomic E-state index is -0.266. The predicted molar refractivity (Wildman–Crippen MR) is 119 cm³/mol. The van der Waals surface area contributed by atoms with Crippen molar-refractivity contribution in [2.24, 2.45) is 0 Å². The SMILES string of the molecule is Cc1ccc(-c2csc3ncn(CC(=O)c4cc5ccccc5o4)c(=O)c23)c(C)c1. The van der Waals surface area contributed by atoms with Gasteiger partial charge in [-0.2, -0.15) is 0 Å². The molecule has 0 spiro atoms. The normalized spacial score (nSPS) is 11.4. The lowest BCUT2D eigenvalue weighted by atomic mass is 9.99. The maximum Gasteiger partial charge on any atom is 0.263 e. The summed E-state index contributed by atoms with van der Waals surface area (Å²) in [4.78, 5) is 31.1. The summed E-state index contributed by atoms with van der Waals surface area (Å²) in [5, 5.41) is 3.37. The van der Waals surface area contributed by atoms with Gasteiger partial charge in [0.1, 0.15) is 10.4 Å². The molecule has 0 aliphatic heterocycles. The number of aromatic nitrogens is 2. The minimum absolute atomic E-state index is 0.121. The van der Waals surface area contributed by atoms with Crippen LogP contribution in [0.25, 0.3) is 32.3 Å². The minimum Gasteiger partial charge on any atom is -0.453 e. The summed E-state index contributed by atoms with van der Waals surface area (Å²) >= 11 is 1.43. The number of hydrogen-bond acceptors (Lipinski definition) is 5. The molecule has 0 saturated carbocycles. The molecule has 6 heteroatoms. The standard InChI is InChI=1S/C24H18N2O3S/c1-14-7-8-17(15(2)9-14)18-12-30-23-22(18)24(28)26(13-25-23)11-19(27)21-10-16-5-3-4-6-20(16)29-21/h3-10,12-13H,11H2,1-2H3. The molecule has 5 nitrogen and oxygen atoms in total. The quantitative estimate of drug-likeness (QED) is 0.371. The summed E-state index contributed by atoms with van der Waals surface area (Å²) in [5.41, 5.74) is 4.56. The summed E-state index contributed by atoms with van der Waals surface area (Å²) in [7, 11) is 0. The van der Waals surface area contributed by atoms with Crippen LogP contribution in [0.1, 0.15) is 21.7 Å². The molecule has 5 aromatic rings. The lowest BCUT2D eigenvalue weighted by Crippen LogP contribution is -2.24. The van der Waals surface area contributed by atoms with Crippen LogP contribution in [0.15, 0.2) is 69.5 Å². The van der Waals surface area contributed by atoms with Crippen molar-refractivity contribution >= 4 is 38.3 Å². The number of benzene rings is 2. The molecule has 0 amide bonds. The second-order valence-corrected chi connectivity index (χ2v) is 8.26. The molecule has 0 unspecified atom stereocenters. The fraction of sp³-hybridized carbons (Fsp3) is 0.125. The molecule has 0 fully saturated rings. The van der Waals surface area contributed by atoms with Gasteiger partial charge in [-0.3, -0.25) is 14.2 Å². The fourth-order valence-corrected chi connectivity index (χ4v) is 4.64. The number of ketones is 1. The van der Waals surface area contributed by atoms with Crippen molar-refractivity contribution in [1.29, 1.82) is 0 Å². The number of carbonyl (C=O) groups is 1. The number of hydrogen-bond donors (Lipinski definition) is 0. The number of thiophene rings is 1. The molecule has 5 rings (SSSR count). The Labute approximate surface area is 176 Å². The van der Waals surface area contributed by atoms with Crippen LogP contribution in [0.3, 0.4) is 0 Å². The van der Waals surface area contributed by atoms with Gasteiger partial charge in [-0.25, -0.2) is 4.98 Å². The van der Waals surface area contributed by atoms with E-state index in [4.69, 9.17) is 4.42 Å². The molecule has 0 bridgehead atoms. The van der Waals surface area contributed by atoms with Gasteiger partial charge in [0.2, 0.25) is 5.78 Å². The van der Waals surface area contributed by atoms with Gasteiger partial charge in [0.05, 0.1) is 18.3 Å². The first-order valence-corrected chi connectivity index (χ1v) is 10.5. The first kappa shape index (κ1) is 18.5. The van der Waals surface area contributed by atoms with E-state index < -0.39 is 0 Å². The van der Waals surface area contributed by atoms with Crippen molar-refractivity contribution in [3.8, 4) is 11.1 Å². The van der Waals surface area contributed by atoms with E-state index in [9.17, 15) is 9.59 Å². The van der Waals surface area contributed by atoms with E-state index in [0.29, 0.717) is 15.8 Å². The van der Waals surface area contributed by atoms with Crippen molar-refractivity contribution in [1.82, 2.24) is 9.55 Å². The van der Waals surface area contributed by atoms with Gasteiger partial charge in [0.25, 0.3) is 5.56 Å². The number of fused-ring (bicyclic) bond motifs is 2. The molecular weight excluding hydrogens is 396 g/mol. The maximum atomic E-state index is 13.2. The summed E-state index contributed by atoms with van der Waals surface area (Å²) in [5.74, 6) is -0.0270. The zero-order chi connectivity index (χ0) is 20.8. The Kier molecular flexibility index (Phi) is 4.37. The zero-order valence-electron chi connectivity index (χ0n) is 16.5. The van der Waals surface area contributed by atoms with Crippen molar-refractivity contribution < 1.29 is 9.21 Å². The van der Waals surface area contributed by atoms with Gasteiger partial charge >= 0.3 is 0 Å². The van der Waals surface area contributed by atoms with Crippen LogP contribution in [0.4, 0.5) is 0 Å². The van der Waals surface area contributed by atoms with Gasteiger partial charge in [0, 0.05) is 16.3 Å². The summed E-state index contributed by atoms with van der Waals surface area (Å²) in [6.45, 7) is 3.95.